The van der Waals surface area contributed by atoms with Gasteiger partial charge in [0.1, 0.15) is 12.4 Å². The van der Waals surface area contributed by atoms with Crippen molar-refractivity contribution in [2.75, 3.05) is 19.8 Å². The topological polar surface area (TPSA) is 74.6 Å². The highest BCUT2D eigenvalue weighted by Crippen LogP contribution is 2.33. The van der Waals surface area contributed by atoms with Crippen molar-refractivity contribution >= 4 is 15.9 Å². The Bertz CT molecular complexity index is 1040. The molecule has 2 heterocycles. The maximum atomic E-state index is 11.1. The molecule has 3 N–H and O–H groups in total. The molecule has 2 aromatic carbocycles. The molecular weight excluding hydrogens is 480 g/mol. The van der Waals surface area contributed by atoms with Crippen LogP contribution in [-0.2, 0) is 6.42 Å². The number of aliphatic hydroxyl groups excluding tert-OH is 2. The summed E-state index contributed by atoms with van der Waals surface area (Å²) in [6.07, 6.45) is 6.04. The van der Waals surface area contributed by atoms with Crippen LogP contribution < -0.4 is 10.1 Å². The van der Waals surface area contributed by atoms with Gasteiger partial charge in [-0.15, -0.1) is 0 Å². The van der Waals surface area contributed by atoms with E-state index >= 15 is 0 Å². The zero-order chi connectivity index (χ0) is 23.0. The Kier molecular flexibility index (Phi) is 8.51. The predicted octanol–water partition coefficient (Wildman–Crippen LogP) is 4.71. The Hall–Kier alpha value is -2.25. The molecule has 5 nitrogen and oxygen atoms in total. The largest absolute Gasteiger partial charge is 0.490 e. The second kappa shape index (κ2) is 11.7. The lowest BCUT2D eigenvalue weighted by molar-refractivity contribution is 0.117. The number of pyridine rings is 1. The molecule has 3 aromatic rings. The molecule has 0 aliphatic carbocycles. The van der Waals surface area contributed by atoms with Crippen LogP contribution in [0.25, 0.3) is 11.1 Å². The number of hydrogen-bond acceptors (Lipinski definition) is 5. The minimum absolute atomic E-state index is 0.0362. The van der Waals surface area contributed by atoms with E-state index in [0.29, 0.717) is 25.5 Å². The summed E-state index contributed by atoms with van der Waals surface area (Å²) in [5.41, 5.74) is 4.30. The molecule has 0 saturated carbocycles. The van der Waals surface area contributed by atoms with Gasteiger partial charge >= 0.3 is 0 Å². The molecule has 1 aromatic heterocycles. The molecule has 1 aliphatic rings. The van der Waals surface area contributed by atoms with Gasteiger partial charge in [0.25, 0.3) is 0 Å². The molecule has 1 fully saturated rings. The summed E-state index contributed by atoms with van der Waals surface area (Å²) in [5.74, 6) is 0.643. The van der Waals surface area contributed by atoms with Crippen molar-refractivity contribution in [3.8, 4) is 16.9 Å². The van der Waals surface area contributed by atoms with E-state index in [1.807, 2.05) is 48.7 Å². The molecule has 4 rings (SSSR count). The fourth-order valence-electron chi connectivity index (χ4n) is 4.33. The first-order valence-electron chi connectivity index (χ1n) is 11.6. The Balaban J connectivity index is 1.47. The van der Waals surface area contributed by atoms with Crippen LogP contribution in [0, 0.1) is 0 Å². The van der Waals surface area contributed by atoms with Gasteiger partial charge in [-0.2, -0.15) is 0 Å². The number of ether oxygens (including phenoxy) is 1. The summed E-state index contributed by atoms with van der Waals surface area (Å²) in [5, 5.41) is 24.0. The van der Waals surface area contributed by atoms with Crippen LogP contribution in [-0.4, -0.2) is 47.1 Å². The fourth-order valence-corrected chi connectivity index (χ4v) is 4.91. The van der Waals surface area contributed by atoms with Crippen molar-refractivity contribution in [2.24, 2.45) is 0 Å². The molecular formula is C27H31BrN2O3. The van der Waals surface area contributed by atoms with Crippen molar-refractivity contribution in [2.45, 2.75) is 43.7 Å². The number of hydrogen-bond donors (Lipinski definition) is 3. The minimum atomic E-state index is -0.563. The van der Waals surface area contributed by atoms with Gasteiger partial charge in [0.15, 0.2) is 0 Å². The molecule has 0 amide bonds. The number of benzene rings is 2. The second-order valence-electron chi connectivity index (χ2n) is 8.56. The van der Waals surface area contributed by atoms with Crippen molar-refractivity contribution in [3.63, 3.8) is 0 Å². The summed E-state index contributed by atoms with van der Waals surface area (Å²) in [6, 6.07) is 18.6. The van der Waals surface area contributed by atoms with E-state index in [1.165, 1.54) is 0 Å². The van der Waals surface area contributed by atoms with Crippen LogP contribution in [0.1, 0.15) is 36.3 Å². The van der Waals surface area contributed by atoms with Gasteiger partial charge < -0.3 is 20.3 Å². The summed E-state index contributed by atoms with van der Waals surface area (Å²) in [4.78, 5) is 4.39. The van der Waals surface area contributed by atoms with E-state index in [0.717, 1.165) is 51.9 Å². The van der Waals surface area contributed by atoms with Crippen LogP contribution in [0.3, 0.4) is 0 Å². The number of halogens is 1. The Labute approximate surface area is 204 Å². The lowest BCUT2D eigenvalue weighted by Crippen LogP contribution is -2.46. The normalized spacial score (nSPS) is 17.2. The third-order valence-corrected chi connectivity index (χ3v) is 7.06. The minimum Gasteiger partial charge on any atom is -0.490 e. The number of rotatable bonds is 11. The van der Waals surface area contributed by atoms with E-state index in [-0.39, 0.29) is 12.5 Å². The van der Waals surface area contributed by atoms with Crippen LogP contribution >= 0.6 is 15.9 Å². The van der Waals surface area contributed by atoms with Gasteiger partial charge in [0.2, 0.25) is 0 Å². The Morgan fingerprint density at radius 2 is 1.88 bits per heavy atom. The highest BCUT2D eigenvalue weighted by molar-refractivity contribution is 9.10. The SMILES string of the molecule is OCCC(c1ccccc1Br)C(O)CCc1ccccc1-c1cncc(OC[C@@H]2CCN2)c1. The number of aryl methyl sites for hydroxylation is 1. The highest BCUT2D eigenvalue weighted by Gasteiger charge is 2.23. The molecule has 1 saturated heterocycles. The van der Waals surface area contributed by atoms with Crippen molar-refractivity contribution in [1.29, 1.82) is 0 Å². The summed E-state index contributed by atoms with van der Waals surface area (Å²) in [7, 11) is 0. The molecule has 0 spiro atoms. The second-order valence-corrected chi connectivity index (χ2v) is 9.42. The number of aliphatic hydroxyl groups is 2. The quantitative estimate of drug-likeness (QED) is 0.348. The van der Waals surface area contributed by atoms with Crippen LogP contribution in [0.2, 0.25) is 0 Å². The monoisotopic (exact) mass is 510 g/mol. The van der Waals surface area contributed by atoms with E-state index in [2.05, 4.69) is 38.4 Å². The van der Waals surface area contributed by atoms with Gasteiger partial charge in [0.05, 0.1) is 12.3 Å². The predicted molar refractivity (Wildman–Crippen MR) is 134 cm³/mol. The molecule has 2 unspecified atom stereocenters. The van der Waals surface area contributed by atoms with Crippen LogP contribution in [0.5, 0.6) is 5.75 Å². The van der Waals surface area contributed by atoms with Crippen LogP contribution in [0.15, 0.2) is 71.5 Å². The van der Waals surface area contributed by atoms with Gasteiger partial charge in [-0.05, 0) is 61.1 Å². The lowest BCUT2D eigenvalue weighted by Gasteiger charge is -2.27. The first-order valence-corrected chi connectivity index (χ1v) is 12.4. The van der Waals surface area contributed by atoms with Crippen molar-refractivity contribution in [3.05, 3.63) is 82.6 Å². The number of nitrogens with one attached hydrogen (secondary N) is 1. The molecule has 1 aliphatic heterocycles. The van der Waals surface area contributed by atoms with Gasteiger partial charge in [0, 0.05) is 34.8 Å². The first kappa shape index (κ1) is 23.9. The van der Waals surface area contributed by atoms with Gasteiger partial charge in [-0.1, -0.05) is 58.4 Å². The van der Waals surface area contributed by atoms with Crippen molar-refractivity contribution in [1.82, 2.24) is 10.3 Å². The molecule has 0 radical (unpaired) electrons. The fraction of sp³-hybridized carbons (Fsp3) is 0.370. The Morgan fingerprint density at radius 1 is 1.09 bits per heavy atom. The third kappa shape index (κ3) is 6.21. The van der Waals surface area contributed by atoms with Gasteiger partial charge in [-0.3, -0.25) is 4.98 Å². The Morgan fingerprint density at radius 3 is 2.64 bits per heavy atom. The van der Waals surface area contributed by atoms with Gasteiger partial charge in [-0.25, -0.2) is 0 Å². The molecule has 174 valence electrons. The number of nitrogens with zero attached hydrogens (tertiary/aromatic N) is 1. The average molecular weight is 511 g/mol. The van der Waals surface area contributed by atoms with E-state index in [4.69, 9.17) is 4.74 Å². The first-order chi connectivity index (χ1) is 16.2. The molecule has 3 atom stereocenters. The van der Waals surface area contributed by atoms with Crippen LogP contribution in [0.4, 0.5) is 0 Å². The maximum Gasteiger partial charge on any atom is 0.138 e. The molecule has 6 heteroatoms. The summed E-state index contributed by atoms with van der Waals surface area (Å²) >= 11 is 3.59. The summed E-state index contributed by atoms with van der Waals surface area (Å²) in [6.45, 7) is 1.75. The third-order valence-electron chi connectivity index (χ3n) is 6.34. The molecule has 0 bridgehead atoms. The molecule has 33 heavy (non-hydrogen) atoms. The zero-order valence-electron chi connectivity index (χ0n) is 18.7. The van der Waals surface area contributed by atoms with E-state index in [1.54, 1.807) is 6.20 Å². The smallest absolute Gasteiger partial charge is 0.138 e. The maximum absolute atomic E-state index is 11.1. The average Bonchev–Trinajstić information content (AvgIpc) is 2.81. The lowest BCUT2D eigenvalue weighted by atomic mass is 9.86. The van der Waals surface area contributed by atoms with E-state index < -0.39 is 6.10 Å². The highest BCUT2D eigenvalue weighted by atomic mass is 79.9. The van der Waals surface area contributed by atoms with E-state index in [9.17, 15) is 10.2 Å². The zero-order valence-corrected chi connectivity index (χ0v) is 20.2. The number of aromatic nitrogens is 1. The summed E-state index contributed by atoms with van der Waals surface area (Å²) < 4.78 is 6.90. The van der Waals surface area contributed by atoms with Crippen molar-refractivity contribution < 1.29 is 14.9 Å². The standard InChI is InChI=1S/C27H31BrN2O3/c28-26-8-4-3-7-24(26)25(12-14-31)27(32)10-9-19-5-1-2-6-23(19)20-15-22(17-29-16-20)33-18-21-11-13-30-21/h1-8,15-17,21,25,27,30-32H,9-14,18H2/t21-,25?,27?/m0/s1.